The SMILES string of the molecule is Oc1c(C=N[C@@H]2CCCC[C@H]2N=Cc2cc3ccccc3c(-c3c(-c4cc(F)c(C(F)(F)F)c(F)c4)ccc4ccccc34)c2O)cc2ccccc2c1-c1c(-c2cc(F)c(C(F)(F)F)c(F)c2)ccc2ccccc12. The zero-order chi connectivity index (χ0) is 53.2. The Balaban J connectivity index is 1.01. The van der Waals surface area contributed by atoms with E-state index in [0.717, 1.165) is 12.8 Å². The molecule has 2 atom stereocenters. The molecule has 2 N–H and O–H groups in total. The highest BCUT2D eigenvalue weighted by Gasteiger charge is 2.39. The highest BCUT2D eigenvalue weighted by Crippen LogP contribution is 2.50. The fourth-order valence-corrected chi connectivity index (χ4v) is 10.8. The Labute approximate surface area is 427 Å². The van der Waals surface area contributed by atoms with Gasteiger partial charge < -0.3 is 10.2 Å². The average Bonchev–Trinajstić information content (AvgIpc) is 3.45. The van der Waals surface area contributed by atoms with Crippen LogP contribution in [0.4, 0.5) is 43.9 Å². The first-order valence-electron chi connectivity index (χ1n) is 24.2. The maximum atomic E-state index is 15.3. The van der Waals surface area contributed by atoms with E-state index in [-0.39, 0.29) is 56.0 Å². The molecule has 0 bridgehead atoms. The fourth-order valence-electron chi connectivity index (χ4n) is 10.8. The Morgan fingerprint density at radius 1 is 0.395 bits per heavy atom. The molecule has 0 heterocycles. The lowest BCUT2D eigenvalue weighted by Gasteiger charge is -2.26. The Morgan fingerprint density at radius 3 is 1.05 bits per heavy atom. The van der Waals surface area contributed by atoms with Gasteiger partial charge >= 0.3 is 12.4 Å². The van der Waals surface area contributed by atoms with E-state index in [4.69, 9.17) is 9.98 Å². The molecule has 0 aliphatic heterocycles. The van der Waals surface area contributed by atoms with Gasteiger partial charge in [0.05, 0.1) is 12.1 Å². The van der Waals surface area contributed by atoms with Crippen LogP contribution in [-0.4, -0.2) is 34.7 Å². The number of fused-ring (bicyclic) bond motifs is 4. The van der Waals surface area contributed by atoms with Crippen molar-refractivity contribution in [2.24, 2.45) is 9.98 Å². The summed E-state index contributed by atoms with van der Waals surface area (Å²) in [4.78, 5) is 10.0. The molecule has 0 unspecified atom stereocenters. The summed E-state index contributed by atoms with van der Waals surface area (Å²) in [6.45, 7) is 0. The van der Waals surface area contributed by atoms with Crippen LogP contribution in [0.1, 0.15) is 47.9 Å². The van der Waals surface area contributed by atoms with E-state index in [1.807, 2.05) is 12.1 Å². The molecule has 1 saturated carbocycles. The summed E-state index contributed by atoms with van der Waals surface area (Å²) in [5, 5.41) is 29.7. The van der Waals surface area contributed by atoms with Gasteiger partial charge in [-0.1, -0.05) is 134 Å². The van der Waals surface area contributed by atoms with Crippen molar-refractivity contribution in [2.45, 2.75) is 50.1 Å². The van der Waals surface area contributed by atoms with Gasteiger partial charge in [0.1, 0.15) is 45.9 Å². The van der Waals surface area contributed by atoms with Crippen molar-refractivity contribution < 1.29 is 54.1 Å². The van der Waals surface area contributed by atoms with E-state index in [0.29, 0.717) is 91.3 Å². The molecule has 1 aliphatic carbocycles. The van der Waals surface area contributed by atoms with Crippen molar-refractivity contribution in [2.75, 3.05) is 0 Å². The van der Waals surface area contributed by atoms with E-state index < -0.39 is 58.8 Å². The summed E-state index contributed by atoms with van der Waals surface area (Å²) in [6.07, 6.45) is -4.74. The van der Waals surface area contributed by atoms with Gasteiger partial charge in [0.15, 0.2) is 0 Å². The van der Waals surface area contributed by atoms with Gasteiger partial charge in [0.2, 0.25) is 0 Å². The topological polar surface area (TPSA) is 65.2 Å². The molecule has 10 aromatic carbocycles. The van der Waals surface area contributed by atoms with Crippen molar-refractivity contribution in [3.63, 3.8) is 0 Å². The van der Waals surface area contributed by atoms with Gasteiger partial charge in [-0.25, -0.2) is 17.6 Å². The molecule has 0 saturated heterocycles. The Hall–Kier alpha value is -8.52. The van der Waals surface area contributed by atoms with Gasteiger partial charge in [0, 0.05) is 45.8 Å². The van der Waals surface area contributed by atoms with Crippen LogP contribution in [0.3, 0.4) is 0 Å². The Bertz CT molecular complexity index is 3730. The number of halogens is 10. The largest absolute Gasteiger partial charge is 0.507 e. The van der Waals surface area contributed by atoms with E-state index in [2.05, 4.69) is 0 Å². The van der Waals surface area contributed by atoms with Gasteiger partial charge in [0.25, 0.3) is 0 Å². The number of phenols is 2. The molecule has 0 aromatic heterocycles. The van der Waals surface area contributed by atoms with Crippen LogP contribution >= 0.6 is 0 Å². The number of alkyl halides is 6. The summed E-state index contributed by atoms with van der Waals surface area (Å²) in [7, 11) is 0. The number of hydrogen-bond acceptors (Lipinski definition) is 4. The van der Waals surface area contributed by atoms with Gasteiger partial charge in [-0.3, -0.25) is 9.98 Å². The van der Waals surface area contributed by atoms with Crippen LogP contribution < -0.4 is 0 Å². The minimum atomic E-state index is -5.29. The molecule has 380 valence electrons. The third kappa shape index (κ3) is 8.94. The summed E-state index contributed by atoms with van der Waals surface area (Å²) in [5.74, 6) is -7.64. The summed E-state index contributed by atoms with van der Waals surface area (Å²) < 4.78 is 143. The summed E-state index contributed by atoms with van der Waals surface area (Å²) in [5.41, 5.74) is -2.32. The van der Waals surface area contributed by atoms with Crippen LogP contribution in [0, 0.1) is 23.3 Å². The lowest BCUT2D eigenvalue weighted by Crippen LogP contribution is -2.27. The van der Waals surface area contributed by atoms with E-state index in [1.54, 1.807) is 121 Å². The number of rotatable bonds is 8. The molecule has 10 aromatic rings. The van der Waals surface area contributed by atoms with Crippen LogP contribution in [0.15, 0.2) is 168 Å². The summed E-state index contributed by atoms with van der Waals surface area (Å²) >= 11 is 0. The van der Waals surface area contributed by atoms with Crippen molar-refractivity contribution >= 4 is 55.5 Å². The quantitative estimate of drug-likeness (QED) is 0.118. The number of benzene rings is 10. The first-order chi connectivity index (χ1) is 36.5. The maximum absolute atomic E-state index is 15.3. The van der Waals surface area contributed by atoms with Gasteiger partial charge in [-0.15, -0.1) is 0 Å². The Kier molecular flexibility index (Phi) is 12.6. The van der Waals surface area contributed by atoms with E-state index in [1.165, 1.54) is 12.4 Å². The molecular formula is C62H40F10N2O2. The number of aromatic hydroxyl groups is 2. The standard InChI is InChI=1S/C62H40F10N2O2/c63-47-27-37(28-48(64)57(47)61(67,68)69)45-23-21-33-11-1-5-15-41(33)53(45)55-43-17-7-3-13-35(43)25-39(59(55)75)31-73-51-19-9-10-20-52(51)74-32-40-26-36-14-4-8-18-44(36)56(60(40)76)54-42-16-6-2-12-34(42)22-24-46(54)38-29-49(65)58(50(66)30-38)62(70,71)72/h1-8,11-18,21-32,51-52,75-76H,9-10,19-20H2/t51-,52-/m1/s1. The summed E-state index contributed by atoms with van der Waals surface area (Å²) in [6, 6.07) is 40.1. The monoisotopic (exact) mass is 1030 g/mol. The number of nitrogens with zero attached hydrogens (tertiary/aromatic N) is 2. The molecule has 0 spiro atoms. The van der Waals surface area contributed by atoms with E-state index >= 15 is 17.6 Å². The zero-order valence-electron chi connectivity index (χ0n) is 39.7. The second kappa shape index (κ2) is 19.3. The van der Waals surface area contributed by atoms with Crippen LogP contribution in [0.5, 0.6) is 11.5 Å². The molecule has 11 rings (SSSR count). The van der Waals surface area contributed by atoms with Crippen LogP contribution in [0.25, 0.3) is 87.6 Å². The minimum absolute atomic E-state index is 0.167. The predicted molar refractivity (Wildman–Crippen MR) is 279 cm³/mol. The maximum Gasteiger partial charge on any atom is 0.422 e. The minimum Gasteiger partial charge on any atom is -0.507 e. The highest BCUT2D eigenvalue weighted by molar-refractivity contribution is 6.16. The lowest BCUT2D eigenvalue weighted by atomic mass is 9.85. The van der Waals surface area contributed by atoms with Crippen LogP contribution in [-0.2, 0) is 12.4 Å². The number of aliphatic imine (C=N–C) groups is 2. The molecule has 1 aliphatic rings. The van der Waals surface area contributed by atoms with Crippen molar-refractivity contribution in [1.29, 1.82) is 0 Å². The van der Waals surface area contributed by atoms with Crippen molar-refractivity contribution in [3.8, 4) is 56.0 Å². The average molecular weight is 1030 g/mol. The molecular weight excluding hydrogens is 995 g/mol. The second-order valence-electron chi connectivity index (χ2n) is 18.8. The number of phenolic OH excluding ortho intramolecular Hbond substituents is 2. The molecule has 4 nitrogen and oxygen atoms in total. The fraction of sp³-hybridized carbons (Fsp3) is 0.129. The molecule has 76 heavy (non-hydrogen) atoms. The van der Waals surface area contributed by atoms with Crippen molar-refractivity contribution in [3.05, 3.63) is 203 Å². The highest BCUT2D eigenvalue weighted by atomic mass is 19.4. The third-order valence-electron chi connectivity index (χ3n) is 14.2. The van der Waals surface area contributed by atoms with Gasteiger partial charge in [-0.2, -0.15) is 26.3 Å². The molecule has 0 radical (unpaired) electrons. The first kappa shape index (κ1) is 49.7. The number of hydrogen-bond donors (Lipinski definition) is 2. The molecule has 14 heteroatoms. The third-order valence-corrected chi connectivity index (χ3v) is 14.2. The second-order valence-corrected chi connectivity index (χ2v) is 18.8. The smallest absolute Gasteiger partial charge is 0.422 e. The van der Waals surface area contributed by atoms with Gasteiger partial charge in [-0.05, 0) is 115 Å². The van der Waals surface area contributed by atoms with E-state index in [9.17, 15) is 36.6 Å². The molecule has 1 fully saturated rings. The van der Waals surface area contributed by atoms with Crippen LogP contribution in [0.2, 0.25) is 0 Å². The predicted octanol–water partition coefficient (Wildman–Crippen LogP) is 17.8. The zero-order valence-corrected chi connectivity index (χ0v) is 39.7. The normalized spacial score (nSPS) is 15.6. The van der Waals surface area contributed by atoms with Crippen molar-refractivity contribution in [1.82, 2.24) is 0 Å². The lowest BCUT2D eigenvalue weighted by molar-refractivity contribution is -0.143. The Morgan fingerprint density at radius 2 is 0.711 bits per heavy atom. The molecule has 0 amide bonds. The first-order valence-corrected chi connectivity index (χ1v) is 24.2.